The van der Waals surface area contributed by atoms with Crippen LogP contribution in [-0.4, -0.2) is 30.1 Å². The topological polar surface area (TPSA) is 29.3 Å². The zero-order chi connectivity index (χ0) is 12.3. The molecule has 96 valence electrons. The standard InChI is InChI=1S/C14H30N2/c1-11(2)8-16(9-12(3)4)10-14(5,15)13-6-7-13/h11-13H,6-10,15H2,1-5H3. The Labute approximate surface area is 102 Å². The Morgan fingerprint density at radius 3 is 1.88 bits per heavy atom. The highest BCUT2D eigenvalue weighted by Gasteiger charge is 2.39. The molecule has 2 nitrogen and oxygen atoms in total. The maximum Gasteiger partial charge on any atom is 0.0283 e. The maximum absolute atomic E-state index is 6.43. The molecule has 1 saturated carbocycles. The minimum absolute atomic E-state index is 0.0315. The molecule has 0 aromatic carbocycles. The van der Waals surface area contributed by atoms with Gasteiger partial charge >= 0.3 is 0 Å². The van der Waals surface area contributed by atoms with E-state index in [4.69, 9.17) is 5.73 Å². The van der Waals surface area contributed by atoms with Crippen molar-refractivity contribution in [2.75, 3.05) is 19.6 Å². The molecule has 1 aliphatic rings. The zero-order valence-electron chi connectivity index (χ0n) is 11.8. The molecule has 0 aliphatic heterocycles. The lowest BCUT2D eigenvalue weighted by Crippen LogP contribution is -2.51. The zero-order valence-corrected chi connectivity index (χ0v) is 11.8. The van der Waals surface area contributed by atoms with Crippen LogP contribution in [0.1, 0.15) is 47.5 Å². The van der Waals surface area contributed by atoms with Crippen LogP contribution < -0.4 is 5.73 Å². The number of hydrogen-bond donors (Lipinski definition) is 1. The minimum Gasteiger partial charge on any atom is -0.324 e. The van der Waals surface area contributed by atoms with Crippen molar-refractivity contribution in [1.82, 2.24) is 4.90 Å². The maximum atomic E-state index is 6.43. The molecule has 0 amide bonds. The fourth-order valence-corrected chi connectivity index (χ4v) is 2.59. The molecule has 1 unspecified atom stereocenters. The molecule has 0 heterocycles. The van der Waals surface area contributed by atoms with E-state index in [9.17, 15) is 0 Å². The van der Waals surface area contributed by atoms with Gasteiger partial charge in [-0.3, -0.25) is 0 Å². The van der Waals surface area contributed by atoms with Gasteiger partial charge in [-0.1, -0.05) is 27.7 Å². The van der Waals surface area contributed by atoms with Gasteiger partial charge in [0.2, 0.25) is 0 Å². The van der Waals surface area contributed by atoms with Crippen molar-refractivity contribution in [3.05, 3.63) is 0 Å². The van der Waals surface area contributed by atoms with Crippen LogP contribution in [0.2, 0.25) is 0 Å². The molecule has 1 aliphatic carbocycles. The van der Waals surface area contributed by atoms with Crippen molar-refractivity contribution < 1.29 is 0 Å². The van der Waals surface area contributed by atoms with Gasteiger partial charge in [0.05, 0.1) is 0 Å². The second-order valence-electron chi connectivity index (χ2n) is 6.76. The fraction of sp³-hybridized carbons (Fsp3) is 1.00. The van der Waals surface area contributed by atoms with Gasteiger partial charge in [0.15, 0.2) is 0 Å². The van der Waals surface area contributed by atoms with E-state index in [2.05, 4.69) is 39.5 Å². The monoisotopic (exact) mass is 226 g/mol. The minimum atomic E-state index is 0.0315. The van der Waals surface area contributed by atoms with E-state index >= 15 is 0 Å². The van der Waals surface area contributed by atoms with Crippen LogP contribution in [0.4, 0.5) is 0 Å². The fourth-order valence-electron chi connectivity index (χ4n) is 2.59. The van der Waals surface area contributed by atoms with Crippen LogP contribution in [0.25, 0.3) is 0 Å². The summed E-state index contributed by atoms with van der Waals surface area (Å²) in [6, 6.07) is 0. The Bertz CT molecular complexity index is 195. The molecule has 0 radical (unpaired) electrons. The van der Waals surface area contributed by atoms with Crippen LogP contribution in [0.15, 0.2) is 0 Å². The van der Waals surface area contributed by atoms with E-state index in [0.717, 1.165) is 24.3 Å². The summed E-state index contributed by atoms with van der Waals surface area (Å²) in [5.74, 6) is 2.23. The molecule has 1 rings (SSSR count). The number of nitrogens with zero attached hydrogens (tertiary/aromatic N) is 1. The Balaban J connectivity index is 2.47. The highest BCUT2D eigenvalue weighted by Crippen LogP contribution is 2.38. The van der Waals surface area contributed by atoms with Crippen molar-refractivity contribution in [1.29, 1.82) is 0 Å². The molecular formula is C14H30N2. The van der Waals surface area contributed by atoms with E-state index in [1.165, 1.54) is 25.9 Å². The lowest BCUT2D eigenvalue weighted by Gasteiger charge is -2.34. The van der Waals surface area contributed by atoms with Crippen molar-refractivity contribution in [2.45, 2.75) is 53.0 Å². The van der Waals surface area contributed by atoms with Crippen LogP contribution in [0.5, 0.6) is 0 Å². The van der Waals surface area contributed by atoms with Crippen molar-refractivity contribution in [3.8, 4) is 0 Å². The average Bonchev–Trinajstić information content (AvgIpc) is 2.80. The first-order valence-corrected chi connectivity index (χ1v) is 6.82. The smallest absolute Gasteiger partial charge is 0.0283 e. The molecule has 2 heteroatoms. The first kappa shape index (κ1) is 14.0. The predicted octanol–water partition coefficient (Wildman–Crippen LogP) is 2.73. The summed E-state index contributed by atoms with van der Waals surface area (Å²) in [6.07, 6.45) is 2.67. The van der Waals surface area contributed by atoms with Gasteiger partial charge in [-0.15, -0.1) is 0 Å². The van der Waals surface area contributed by atoms with Crippen LogP contribution in [-0.2, 0) is 0 Å². The average molecular weight is 226 g/mol. The quantitative estimate of drug-likeness (QED) is 0.723. The predicted molar refractivity (Wildman–Crippen MR) is 71.4 cm³/mol. The summed E-state index contributed by atoms with van der Waals surface area (Å²) in [4.78, 5) is 2.56. The van der Waals surface area contributed by atoms with Gasteiger partial charge < -0.3 is 10.6 Å². The number of hydrogen-bond acceptors (Lipinski definition) is 2. The van der Waals surface area contributed by atoms with Crippen molar-refractivity contribution in [2.24, 2.45) is 23.5 Å². The first-order valence-electron chi connectivity index (χ1n) is 6.82. The van der Waals surface area contributed by atoms with Crippen LogP contribution in [0.3, 0.4) is 0 Å². The second-order valence-corrected chi connectivity index (χ2v) is 6.76. The Hall–Kier alpha value is -0.0800. The van der Waals surface area contributed by atoms with E-state index in [0.29, 0.717) is 0 Å². The first-order chi connectivity index (χ1) is 7.31. The molecule has 16 heavy (non-hydrogen) atoms. The van der Waals surface area contributed by atoms with Gasteiger partial charge in [-0.25, -0.2) is 0 Å². The summed E-state index contributed by atoms with van der Waals surface area (Å²) >= 11 is 0. The van der Waals surface area contributed by atoms with E-state index < -0.39 is 0 Å². The van der Waals surface area contributed by atoms with Crippen LogP contribution >= 0.6 is 0 Å². The molecular weight excluding hydrogens is 196 g/mol. The normalized spacial score (nSPS) is 20.8. The van der Waals surface area contributed by atoms with Gasteiger partial charge in [0.1, 0.15) is 0 Å². The molecule has 0 saturated heterocycles. The number of nitrogens with two attached hydrogens (primary N) is 1. The van der Waals surface area contributed by atoms with Gasteiger partial charge in [0.25, 0.3) is 0 Å². The third-order valence-corrected chi connectivity index (χ3v) is 3.32. The summed E-state index contributed by atoms with van der Waals surface area (Å²) in [5, 5.41) is 0. The summed E-state index contributed by atoms with van der Waals surface area (Å²) in [5.41, 5.74) is 6.46. The summed E-state index contributed by atoms with van der Waals surface area (Å²) < 4.78 is 0. The SMILES string of the molecule is CC(C)CN(CC(C)C)CC(C)(N)C1CC1. The molecule has 0 aromatic heterocycles. The third-order valence-electron chi connectivity index (χ3n) is 3.32. The summed E-state index contributed by atoms with van der Waals surface area (Å²) in [6.45, 7) is 14.8. The molecule has 1 atom stereocenters. The summed E-state index contributed by atoms with van der Waals surface area (Å²) in [7, 11) is 0. The van der Waals surface area contributed by atoms with Crippen molar-refractivity contribution >= 4 is 0 Å². The lowest BCUT2D eigenvalue weighted by atomic mass is 9.95. The third kappa shape index (κ3) is 4.84. The van der Waals surface area contributed by atoms with E-state index in [-0.39, 0.29) is 5.54 Å². The molecule has 2 N–H and O–H groups in total. The lowest BCUT2D eigenvalue weighted by molar-refractivity contribution is 0.167. The van der Waals surface area contributed by atoms with E-state index in [1.54, 1.807) is 0 Å². The molecule has 0 bridgehead atoms. The van der Waals surface area contributed by atoms with Gasteiger partial charge in [0, 0.05) is 25.2 Å². The highest BCUT2D eigenvalue weighted by molar-refractivity contribution is 4.97. The van der Waals surface area contributed by atoms with Crippen molar-refractivity contribution in [3.63, 3.8) is 0 Å². The number of rotatable bonds is 7. The van der Waals surface area contributed by atoms with Gasteiger partial charge in [-0.2, -0.15) is 0 Å². The second kappa shape index (κ2) is 5.50. The Kier molecular flexibility index (Phi) is 4.81. The Morgan fingerprint density at radius 1 is 1.12 bits per heavy atom. The van der Waals surface area contributed by atoms with Crippen LogP contribution in [0, 0.1) is 17.8 Å². The molecule has 0 spiro atoms. The Morgan fingerprint density at radius 2 is 1.56 bits per heavy atom. The largest absolute Gasteiger partial charge is 0.324 e. The molecule has 0 aromatic rings. The van der Waals surface area contributed by atoms with E-state index in [1.807, 2.05) is 0 Å². The highest BCUT2D eigenvalue weighted by atomic mass is 15.1. The van der Waals surface area contributed by atoms with Gasteiger partial charge in [-0.05, 0) is 37.5 Å². The molecule has 1 fully saturated rings.